The highest BCUT2D eigenvalue weighted by Crippen LogP contribution is 2.33. The van der Waals surface area contributed by atoms with Crippen molar-refractivity contribution in [3.63, 3.8) is 0 Å². The van der Waals surface area contributed by atoms with E-state index in [1.54, 1.807) is 62.4 Å². The average molecular weight is 585 g/mol. The summed E-state index contributed by atoms with van der Waals surface area (Å²) in [5.41, 5.74) is 2.54. The number of carbonyl (C=O) groups excluding carboxylic acids is 1. The summed E-state index contributed by atoms with van der Waals surface area (Å²) < 4.78 is 60.2. The average Bonchev–Trinajstić information content (AvgIpc) is 2.87. The van der Waals surface area contributed by atoms with E-state index in [4.69, 9.17) is 8.37 Å². The Morgan fingerprint density at radius 3 is 1.48 bits per heavy atom. The molecule has 212 valence electrons. The molecule has 0 fully saturated rings. The van der Waals surface area contributed by atoms with Crippen molar-refractivity contribution in [3.05, 3.63) is 96.1 Å². The summed E-state index contributed by atoms with van der Waals surface area (Å²) in [7, 11) is -8.04. The highest BCUT2D eigenvalue weighted by Gasteiger charge is 2.40. The molecule has 2 atom stereocenters. The number of nitrogens with one attached hydrogen (secondary N) is 2. The predicted octanol–water partition coefficient (Wildman–Crippen LogP) is 6.08. The molecule has 2 unspecified atom stereocenters. The van der Waals surface area contributed by atoms with Gasteiger partial charge in [0.1, 0.15) is 21.0 Å². The Balaban J connectivity index is 1.40. The van der Waals surface area contributed by atoms with Crippen LogP contribution < -0.4 is 19.0 Å². The summed E-state index contributed by atoms with van der Waals surface area (Å²) in [6.07, 6.45) is 11.0. The molecule has 2 N–H and O–H groups in total. The minimum Gasteiger partial charge on any atom is -0.382 e. The number of allylic oxidation sites excluding steroid dienone is 6. The van der Waals surface area contributed by atoms with Crippen LogP contribution in [0.4, 0.5) is 16.2 Å². The van der Waals surface area contributed by atoms with Gasteiger partial charge in [0.15, 0.2) is 0 Å². The van der Waals surface area contributed by atoms with E-state index in [0.29, 0.717) is 11.4 Å². The van der Waals surface area contributed by atoms with Crippen molar-refractivity contribution in [1.82, 2.24) is 0 Å². The van der Waals surface area contributed by atoms with Crippen LogP contribution in [0.2, 0.25) is 0 Å². The lowest BCUT2D eigenvalue weighted by Crippen LogP contribution is -2.37. The molecule has 9 nitrogen and oxygen atoms in total. The van der Waals surface area contributed by atoms with Crippen molar-refractivity contribution in [2.24, 2.45) is 0 Å². The van der Waals surface area contributed by atoms with Gasteiger partial charge in [-0.15, -0.1) is 0 Å². The van der Waals surface area contributed by atoms with E-state index in [1.165, 1.54) is 24.3 Å². The van der Waals surface area contributed by atoms with Crippen LogP contribution >= 0.6 is 0 Å². The molecule has 2 aromatic carbocycles. The highest BCUT2D eigenvalue weighted by molar-refractivity contribution is 7.89. The third kappa shape index (κ3) is 6.48. The summed E-state index contributed by atoms with van der Waals surface area (Å²) >= 11 is 0. The number of hydrogen-bond donors (Lipinski definition) is 2. The summed E-state index contributed by atoms with van der Waals surface area (Å²) in [4.78, 5) is 12.7. The molecule has 0 saturated heterocycles. The molecule has 2 aromatic rings. The second kappa shape index (κ2) is 11.0. The van der Waals surface area contributed by atoms with Gasteiger partial charge in [0.05, 0.1) is 0 Å². The molecule has 0 heterocycles. The van der Waals surface area contributed by atoms with Crippen LogP contribution in [0, 0.1) is 0 Å². The summed E-state index contributed by atoms with van der Waals surface area (Å²) in [5, 5.41) is 5.24. The number of rotatable bonds is 8. The van der Waals surface area contributed by atoms with Crippen molar-refractivity contribution >= 4 is 37.6 Å². The Bertz CT molecular complexity index is 1530. The van der Waals surface area contributed by atoms with Gasteiger partial charge in [-0.25, -0.2) is 4.79 Å². The van der Waals surface area contributed by atoms with Crippen LogP contribution in [0.25, 0.3) is 0 Å². The lowest BCUT2D eigenvalue weighted by molar-refractivity contribution is 0.262. The molecular weight excluding hydrogens is 552 g/mol. The Hall–Kier alpha value is -3.83. The third-order valence-corrected chi connectivity index (χ3v) is 10.5. The summed E-state index contributed by atoms with van der Waals surface area (Å²) in [6.45, 7) is 6.96. The lowest BCUT2D eigenvalue weighted by Gasteiger charge is -2.26. The van der Waals surface area contributed by atoms with E-state index in [2.05, 4.69) is 10.6 Å². The van der Waals surface area contributed by atoms with Gasteiger partial charge in [0.2, 0.25) is 0 Å². The van der Waals surface area contributed by atoms with Crippen molar-refractivity contribution in [2.45, 2.75) is 50.0 Å². The quantitative estimate of drug-likeness (QED) is 0.360. The summed E-state index contributed by atoms with van der Waals surface area (Å²) in [5.74, 6) is 0.101. The van der Waals surface area contributed by atoms with E-state index >= 15 is 0 Å². The van der Waals surface area contributed by atoms with E-state index in [1.807, 2.05) is 26.0 Å². The number of benzene rings is 2. The zero-order valence-corrected chi connectivity index (χ0v) is 24.3. The maximum atomic E-state index is 13.0. The second-order valence-electron chi connectivity index (χ2n) is 10.3. The first-order valence-electron chi connectivity index (χ1n) is 12.6. The van der Waals surface area contributed by atoms with Gasteiger partial charge < -0.3 is 19.0 Å². The molecule has 0 aromatic heterocycles. The number of carbonyl (C=O) groups is 1. The van der Waals surface area contributed by atoms with Gasteiger partial charge in [0, 0.05) is 23.5 Å². The van der Waals surface area contributed by atoms with Gasteiger partial charge in [-0.05, 0) is 64.8 Å². The third-order valence-electron chi connectivity index (χ3n) is 6.79. The second-order valence-corrected chi connectivity index (χ2v) is 14.3. The molecule has 2 amide bonds. The van der Waals surface area contributed by atoms with Crippen LogP contribution in [0.3, 0.4) is 0 Å². The van der Waals surface area contributed by atoms with Crippen molar-refractivity contribution < 1.29 is 30.0 Å². The number of urea groups is 1. The van der Waals surface area contributed by atoms with Crippen LogP contribution in [-0.4, -0.2) is 32.4 Å². The highest BCUT2D eigenvalue weighted by atomic mass is 32.2. The molecule has 4 rings (SSSR count). The normalized spacial score (nSPS) is 22.6. The molecule has 40 heavy (non-hydrogen) atoms. The molecule has 0 spiro atoms. The Morgan fingerprint density at radius 2 is 1.12 bits per heavy atom. The van der Waals surface area contributed by atoms with Crippen molar-refractivity contribution in [2.75, 3.05) is 10.6 Å². The van der Waals surface area contributed by atoms with Gasteiger partial charge in [-0.3, -0.25) is 0 Å². The van der Waals surface area contributed by atoms with Gasteiger partial charge >= 0.3 is 26.3 Å². The minimum absolute atomic E-state index is 0.0506. The standard InChI is InChI=1S/C29H32N2O7S2/c1-21-11-15-28(3,16-12-21)39(33,34)37-25-9-5-7-23(19-25)30-27(32)31-24-8-6-10-26(20-24)38-40(35,36)29(4)17-13-22(2)14-18-29/h5-15,17,19-20H,16,18H2,1-4H3,(H2,30,31,32). The number of anilines is 2. The molecule has 2 aliphatic carbocycles. The van der Waals surface area contributed by atoms with Crippen molar-refractivity contribution in [3.8, 4) is 11.5 Å². The fourth-order valence-corrected chi connectivity index (χ4v) is 6.11. The molecular formula is C29H32N2O7S2. The smallest absolute Gasteiger partial charge is 0.323 e. The van der Waals surface area contributed by atoms with Gasteiger partial charge in [-0.2, -0.15) is 16.8 Å². The van der Waals surface area contributed by atoms with E-state index < -0.39 is 35.8 Å². The molecule has 0 aliphatic heterocycles. The van der Waals surface area contributed by atoms with E-state index in [-0.39, 0.29) is 24.3 Å². The van der Waals surface area contributed by atoms with Crippen LogP contribution in [0.1, 0.15) is 40.5 Å². The number of hydrogen-bond acceptors (Lipinski definition) is 7. The first-order chi connectivity index (χ1) is 18.7. The van der Waals surface area contributed by atoms with Gasteiger partial charge in [0.25, 0.3) is 0 Å². The Morgan fingerprint density at radius 1 is 0.725 bits per heavy atom. The molecule has 0 radical (unpaired) electrons. The molecule has 2 aliphatic rings. The van der Waals surface area contributed by atoms with E-state index in [0.717, 1.165) is 11.1 Å². The molecule has 0 saturated carbocycles. The zero-order chi connectivity index (χ0) is 29.2. The fourth-order valence-electron chi connectivity index (χ4n) is 3.97. The Kier molecular flexibility index (Phi) is 8.00. The van der Waals surface area contributed by atoms with Crippen molar-refractivity contribution in [1.29, 1.82) is 0 Å². The largest absolute Gasteiger partial charge is 0.382 e. The van der Waals surface area contributed by atoms with E-state index in [9.17, 15) is 21.6 Å². The van der Waals surface area contributed by atoms with Crippen LogP contribution in [0.15, 0.2) is 96.1 Å². The molecule has 0 bridgehead atoms. The summed E-state index contributed by atoms with van der Waals surface area (Å²) in [6, 6.07) is 11.4. The first-order valence-corrected chi connectivity index (χ1v) is 15.4. The first kappa shape index (κ1) is 29.2. The maximum Gasteiger partial charge on any atom is 0.323 e. The Labute approximate surface area is 235 Å². The fraction of sp³-hybridized carbons (Fsp3) is 0.276. The molecule has 11 heteroatoms. The topological polar surface area (TPSA) is 128 Å². The monoisotopic (exact) mass is 584 g/mol. The number of amides is 2. The maximum absolute atomic E-state index is 13.0. The SMILES string of the molecule is CC1=CCC(C)(S(=O)(=O)Oc2cccc(NC(=O)Nc3cccc(OS(=O)(=O)C4(C)C=CC(C)=CC4)c3)c2)C=C1. The van der Waals surface area contributed by atoms with Crippen LogP contribution in [-0.2, 0) is 20.2 Å². The van der Waals surface area contributed by atoms with Crippen LogP contribution in [0.5, 0.6) is 11.5 Å². The lowest BCUT2D eigenvalue weighted by atomic mass is 9.98. The predicted molar refractivity (Wildman–Crippen MR) is 156 cm³/mol. The zero-order valence-electron chi connectivity index (χ0n) is 22.7. The van der Waals surface area contributed by atoms with Gasteiger partial charge in [-0.1, -0.05) is 59.7 Å². The minimum atomic E-state index is -4.02.